The molecule has 0 spiro atoms. The Bertz CT molecular complexity index is 545. The van der Waals surface area contributed by atoms with Crippen LogP contribution in [-0.2, 0) is 24.2 Å². The molecule has 1 heterocycles. The Morgan fingerprint density at radius 2 is 1.95 bits per heavy atom. The fourth-order valence-corrected chi connectivity index (χ4v) is 2.25. The predicted octanol–water partition coefficient (Wildman–Crippen LogP) is 2.46. The van der Waals surface area contributed by atoms with Crippen LogP contribution in [0.5, 0.6) is 0 Å². The first kappa shape index (κ1) is 15.9. The fraction of sp³-hybridized carbons (Fsp3) is 0.692. The highest BCUT2D eigenvalue weighted by Gasteiger charge is 2.41. The molecule has 1 aromatic heterocycles. The van der Waals surface area contributed by atoms with Gasteiger partial charge >= 0.3 is 12.3 Å². The number of ether oxygens (including phenoxy) is 1. The van der Waals surface area contributed by atoms with Crippen LogP contribution in [0.3, 0.4) is 0 Å². The molecule has 1 aromatic rings. The number of nitrogens with zero attached hydrogens (tertiary/aromatic N) is 1. The van der Waals surface area contributed by atoms with Gasteiger partial charge in [-0.3, -0.25) is 4.79 Å². The van der Waals surface area contributed by atoms with E-state index in [1.54, 1.807) is 0 Å². The van der Waals surface area contributed by atoms with Gasteiger partial charge in [0.2, 0.25) is 0 Å². The van der Waals surface area contributed by atoms with E-state index in [0.717, 1.165) is 19.3 Å². The summed E-state index contributed by atoms with van der Waals surface area (Å²) in [6.45, 7) is -1.84. The first-order valence-corrected chi connectivity index (χ1v) is 6.75. The molecule has 0 atom stereocenters. The van der Waals surface area contributed by atoms with Crippen molar-refractivity contribution in [1.82, 2.24) is 9.97 Å². The van der Waals surface area contributed by atoms with Gasteiger partial charge in [-0.25, -0.2) is 13.8 Å². The molecule has 8 heteroatoms. The van der Waals surface area contributed by atoms with Gasteiger partial charge in [-0.05, 0) is 25.7 Å². The smallest absolute Gasteiger partial charge is 0.330 e. The van der Waals surface area contributed by atoms with Crippen molar-refractivity contribution in [2.75, 3.05) is 6.61 Å². The van der Waals surface area contributed by atoms with E-state index in [1.807, 2.05) is 0 Å². The monoisotopic (exact) mass is 308 g/mol. The number of halogens is 4. The van der Waals surface area contributed by atoms with Crippen molar-refractivity contribution < 1.29 is 22.3 Å². The number of rotatable bonds is 5. The molecule has 0 saturated carbocycles. The third-order valence-electron chi connectivity index (χ3n) is 3.34. The van der Waals surface area contributed by atoms with Crippen molar-refractivity contribution in [3.63, 3.8) is 0 Å². The van der Waals surface area contributed by atoms with Gasteiger partial charge in [-0.15, -0.1) is 0 Å². The van der Waals surface area contributed by atoms with Crippen molar-refractivity contribution in [2.45, 2.75) is 51.1 Å². The molecule has 118 valence electrons. The molecule has 4 nitrogen and oxygen atoms in total. The molecular weight excluding hydrogens is 292 g/mol. The molecule has 0 bridgehead atoms. The molecule has 0 aliphatic heterocycles. The van der Waals surface area contributed by atoms with E-state index in [1.165, 1.54) is 0 Å². The summed E-state index contributed by atoms with van der Waals surface area (Å²) in [6, 6.07) is 0. The number of hydrogen-bond donors (Lipinski definition) is 1. The van der Waals surface area contributed by atoms with Gasteiger partial charge < -0.3 is 9.72 Å². The molecule has 0 fully saturated rings. The van der Waals surface area contributed by atoms with Gasteiger partial charge in [-0.2, -0.15) is 8.78 Å². The quantitative estimate of drug-likeness (QED) is 0.671. The standard InChI is InChI=1S/C13H16F4N2O2/c14-12(15)13(16,17)7-21-6-10-18-9-5-3-1-2-4-8(9)11(20)19-10/h12H,1-7H2,(H,18,19,20). The van der Waals surface area contributed by atoms with Crippen LogP contribution in [-0.4, -0.2) is 28.9 Å². The van der Waals surface area contributed by atoms with Gasteiger partial charge in [0.25, 0.3) is 5.56 Å². The molecule has 21 heavy (non-hydrogen) atoms. The predicted molar refractivity (Wildman–Crippen MR) is 66.7 cm³/mol. The van der Waals surface area contributed by atoms with E-state index in [4.69, 9.17) is 0 Å². The van der Waals surface area contributed by atoms with E-state index < -0.39 is 25.6 Å². The van der Waals surface area contributed by atoms with E-state index in [2.05, 4.69) is 14.7 Å². The van der Waals surface area contributed by atoms with E-state index in [-0.39, 0.29) is 11.4 Å². The number of alkyl halides is 4. The van der Waals surface area contributed by atoms with Gasteiger partial charge in [0, 0.05) is 5.56 Å². The maximum Gasteiger partial charge on any atom is 0.330 e. The average Bonchev–Trinajstić information content (AvgIpc) is 2.64. The summed E-state index contributed by atoms with van der Waals surface area (Å²) in [5.41, 5.74) is 0.964. The highest BCUT2D eigenvalue weighted by molar-refractivity contribution is 5.19. The third-order valence-corrected chi connectivity index (χ3v) is 3.34. The summed E-state index contributed by atoms with van der Waals surface area (Å²) in [5, 5.41) is 0. The van der Waals surface area contributed by atoms with Crippen LogP contribution in [0.15, 0.2) is 4.79 Å². The Morgan fingerprint density at radius 1 is 1.24 bits per heavy atom. The van der Waals surface area contributed by atoms with Crippen LogP contribution in [0, 0.1) is 0 Å². The lowest BCUT2D eigenvalue weighted by Gasteiger charge is -2.15. The average molecular weight is 308 g/mol. The van der Waals surface area contributed by atoms with Crippen LogP contribution in [0.4, 0.5) is 17.6 Å². The summed E-state index contributed by atoms with van der Waals surface area (Å²) >= 11 is 0. The molecule has 1 aliphatic rings. The van der Waals surface area contributed by atoms with Crippen LogP contribution in [0.2, 0.25) is 0 Å². The van der Waals surface area contributed by atoms with E-state index in [9.17, 15) is 22.4 Å². The van der Waals surface area contributed by atoms with Crippen LogP contribution >= 0.6 is 0 Å². The van der Waals surface area contributed by atoms with E-state index in [0.29, 0.717) is 24.1 Å². The van der Waals surface area contributed by atoms with Gasteiger partial charge in [0.15, 0.2) is 0 Å². The van der Waals surface area contributed by atoms with Crippen molar-refractivity contribution in [3.05, 3.63) is 27.4 Å². The van der Waals surface area contributed by atoms with Crippen molar-refractivity contribution >= 4 is 0 Å². The maximum atomic E-state index is 12.7. The number of fused-ring (bicyclic) bond motifs is 1. The SMILES string of the molecule is O=c1[nH]c(COCC(F)(F)C(F)F)nc2c1CCCCC2. The molecule has 1 N–H and O–H groups in total. The summed E-state index contributed by atoms with van der Waals surface area (Å²) < 4.78 is 53.9. The Hall–Kier alpha value is -1.44. The molecule has 2 rings (SSSR count). The Morgan fingerprint density at radius 3 is 2.67 bits per heavy atom. The van der Waals surface area contributed by atoms with Gasteiger partial charge in [0.1, 0.15) is 19.0 Å². The van der Waals surface area contributed by atoms with Crippen LogP contribution in [0.25, 0.3) is 0 Å². The highest BCUT2D eigenvalue weighted by atomic mass is 19.3. The summed E-state index contributed by atoms with van der Waals surface area (Å²) in [4.78, 5) is 18.5. The minimum Gasteiger partial charge on any atom is -0.367 e. The molecule has 0 aromatic carbocycles. The second kappa shape index (κ2) is 6.55. The second-order valence-electron chi connectivity index (χ2n) is 5.05. The molecular formula is C13H16F4N2O2. The zero-order chi connectivity index (χ0) is 15.5. The molecule has 0 radical (unpaired) electrons. The molecule has 1 aliphatic carbocycles. The van der Waals surface area contributed by atoms with Crippen molar-refractivity contribution in [3.8, 4) is 0 Å². The maximum absolute atomic E-state index is 12.7. The Kier molecular flexibility index (Phi) is 4.97. The summed E-state index contributed by atoms with van der Waals surface area (Å²) in [6.07, 6.45) is 0.335. The zero-order valence-electron chi connectivity index (χ0n) is 11.3. The number of aryl methyl sites for hydroxylation is 1. The number of nitrogens with one attached hydrogen (secondary N) is 1. The lowest BCUT2D eigenvalue weighted by molar-refractivity contribution is -0.168. The number of aromatic nitrogens is 2. The van der Waals surface area contributed by atoms with Gasteiger partial charge in [0.05, 0.1) is 5.69 Å². The highest BCUT2D eigenvalue weighted by Crippen LogP contribution is 2.23. The molecule has 0 saturated heterocycles. The van der Waals surface area contributed by atoms with Crippen molar-refractivity contribution in [1.29, 1.82) is 0 Å². The normalized spacial score (nSPS) is 15.9. The molecule has 0 amide bonds. The minimum absolute atomic E-state index is 0.0886. The lowest BCUT2D eigenvalue weighted by Crippen LogP contribution is -2.32. The topological polar surface area (TPSA) is 55.0 Å². The fourth-order valence-electron chi connectivity index (χ4n) is 2.25. The largest absolute Gasteiger partial charge is 0.367 e. The Labute approximate surface area is 118 Å². The van der Waals surface area contributed by atoms with Gasteiger partial charge in [-0.1, -0.05) is 6.42 Å². The summed E-state index contributed by atoms with van der Waals surface area (Å²) in [7, 11) is 0. The zero-order valence-corrected chi connectivity index (χ0v) is 11.3. The first-order chi connectivity index (χ1) is 9.90. The van der Waals surface area contributed by atoms with Crippen LogP contribution < -0.4 is 5.56 Å². The third kappa shape index (κ3) is 4.03. The minimum atomic E-state index is -4.20. The molecule has 0 unspecified atom stereocenters. The lowest BCUT2D eigenvalue weighted by atomic mass is 10.1. The first-order valence-electron chi connectivity index (χ1n) is 6.75. The Balaban J connectivity index is 2.03. The second-order valence-corrected chi connectivity index (χ2v) is 5.05. The van der Waals surface area contributed by atoms with E-state index >= 15 is 0 Å². The number of H-pyrrole nitrogens is 1. The number of aromatic amines is 1. The van der Waals surface area contributed by atoms with Crippen LogP contribution in [0.1, 0.15) is 36.3 Å². The number of hydrogen-bond acceptors (Lipinski definition) is 3. The van der Waals surface area contributed by atoms with Crippen molar-refractivity contribution in [2.24, 2.45) is 0 Å². The summed E-state index contributed by atoms with van der Waals surface area (Å²) in [5.74, 6) is -4.11.